The van der Waals surface area contributed by atoms with E-state index in [1.165, 1.54) is 60.0 Å². The molecule has 198 valence electrons. The van der Waals surface area contributed by atoms with E-state index in [4.69, 9.17) is 9.26 Å². The van der Waals surface area contributed by atoms with Crippen LogP contribution in [0.1, 0.15) is 12.5 Å². The van der Waals surface area contributed by atoms with Gasteiger partial charge in [-0.25, -0.2) is 14.2 Å². The van der Waals surface area contributed by atoms with Gasteiger partial charge in [0.15, 0.2) is 11.4 Å². The molecular weight excluding hydrogens is 525 g/mol. The number of alkyl carbamates (subject to hydrolysis) is 1. The van der Waals surface area contributed by atoms with Crippen molar-refractivity contribution < 1.29 is 41.9 Å². The predicted octanol–water partition coefficient (Wildman–Crippen LogP) is 4.01. The van der Waals surface area contributed by atoms with Crippen molar-refractivity contribution in [2.75, 3.05) is 0 Å². The molecule has 0 unspecified atom stereocenters. The van der Waals surface area contributed by atoms with E-state index in [0.717, 1.165) is 16.7 Å². The summed E-state index contributed by atoms with van der Waals surface area (Å²) in [5, 5.41) is 16.0. The first kappa shape index (κ1) is 24.1. The molecule has 2 aromatic heterocycles. The summed E-state index contributed by atoms with van der Waals surface area (Å²) in [5.41, 5.74) is -1.67. The fourth-order valence-electron chi connectivity index (χ4n) is 4.50. The van der Waals surface area contributed by atoms with Crippen LogP contribution in [0, 0.1) is 0 Å². The summed E-state index contributed by atoms with van der Waals surface area (Å²) in [7, 11) is 0. The van der Waals surface area contributed by atoms with Crippen LogP contribution >= 0.6 is 0 Å². The maximum Gasteiger partial charge on any atom is 0.573 e. The van der Waals surface area contributed by atoms with Crippen LogP contribution in [0.5, 0.6) is 11.5 Å². The molecule has 5 aromatic rings. The van der Waals surface area contributed by atoms with Gasteiger partial charge in [0.05, 0.1) is 22.1 Å². The number of halogens is 3. The number of hydrogen-bond acceptors (Lipinski definition) is 8. The normalized spacial score (nSPS) is 17.5. The van der Waals surface area contributed by atoms with Gasteiger partial charge in [-0.3, -0.25) is 14.7 Å². The summed E-state index contributed by atoms with van der Waals surface area (Å²) < 4.78 is 55.7. The van der Waals surface area contributed by atoms with E-state index in [1.54, 1.807) is 0 Å². The first-order chi connectivity index (χ1) is 18.4. The van der Waals surface area contributed by atoms with Gasteiger partial charge in [0.2, 0.25) is 5.60 Å². The molecule has 2 N–H and O–H groups in total. The predicted molar refractivity (Wildman–Crippen MR) is 127 cm³/mol. The summed E-state index contributed by atoms with van der Waals surface area (Å²) in [4.78, 5) is 38.0. The summed E-state index contributed by atoms with van der Waals surface area (Å²) >= 11 is 0. The number of cyclic esters (lactones) is 1. The van der Waals surface area contributed by atoms with E-state index < -0.39 is 35.4 Å². The van der Waals surface area contributed by atoms with Crippen LogP contribution in [0.2, 0.25) is 0 Å². The van der Waals surface area contributed by atoms with Crippen LogP contribution in [0.4, 0.5) is 18.0 Å². The number of fused-ring (bicyclic) bond motifs is 2. The SMILES string of the molecule is C[C@]1(c2cccc(-n3c(=O)n(-c4noc5cc(O)ccc45)c4cc(OC(F)(F)F)ccc43)c2)OC(=O)NC1=O. The zero-order valence-corrected chi connectivity index (χ0v) is 19.6. The zero-order valence-electron chi connectivity index (χ0n) is 19.6. The van der Waals surface area contributed by atoms with E-state index >= 15 is 0 Å². The van der Waals surface area contributed by atoms with Crippen molar-refractivity contribution in [3.8, 4) is 23.0 Å². The highest BCUT2D eigenvalue weighted by atomic mass is 19.4. The fourth-order valence-corrected chi connectivity index (χ4v) is 4.50. The standard InChI is InChI=1S/C25H15F3N4O7/c1-24(21(34)29-22(35)38-24)12-3-2-4-13(9-12)31-17-8-6-15(37-25(26,27)28)11-18(17)32(23(31)36)20-16-7-5-14(33)10-19(16)39-30-20/h2-11,33H,1H3,(H,29,34,35)/t24-/m1/s1. The van der Waals surface area contributed by atoms with E-state index in [-0.39, 0.29) is 39.4 Å². The van der Waals surface area contributed by atoms with Crippen LogP contribution in [-0.4, -0.2) is 37.8 Å². The maximum absolute atomic E-state index is 13.9. The van der Waals surface area contributed by atoms with E-state index in [2.05, 4.69) is 15.2 Å². The fraction of sp³-hybridized carbons (Fsp3) is 0.120. The molecule has 1 atom stereocenters. The molecule has 1 aliphatic rings. The molecule has 1 saturated heterocycles. The Bertz CT molecular complexity index is 1890. The molecule has 0 bridgehead atoms. The van der Waals surface area contributed by atoms with Crippen LogP contribution in [0.3, 0.4) is 0 Å². The first-order valence-corrected chi connectivity index (χ1v) is 11.2. The largest absolute Gasteiger partial charge is 0.573 e. The number of imidazole rings is 1. The number of phenolic OH excluding ortho intramolecular Hbond substituents is 1. The zero-order chi connectivity index (χ0) is 27.7. The number of imide groups is 1. The Labute approximate surface area is 214 Å². The summed E-state index contributed by atoms with van der Waals surface area (Å²) in [5.74, 6) is -1.45. The van der Waals surface area contributed by atoms with Gasteiger partial charge in [0.25, 0.3) is 5.91 Å². The molecule has 6 rings (SSSR count). The van der Waals surface area contributed by atoms with Crippen LogP contribution in [-0.2, 0) is 15.1 Å². The molecule has 11 nitrogen and oxygen atoms in total. The molecule has 0 radical (unpaired) electrons. The molecule has 0 aliphatic carbocycles. The number of rotatable bonds is 4. The monoisotopic (exact) mass is 540 g/mol. The van der Waals surface area contributed by atoms with Gasteiger partial charge in [-0.15, -0.1) is 13.2 Å². The molecule has 3 aromatic carbocycles. The number of aromatic hydroxyl groups is 1. The Balaban J connectivity index is 1.61. The second kappa shape index (κ2) is 8.11. The summed E-state index contributed by atoms with van der Waals surface area (Å²) in [6.07, 6.45) is -5.91. The number of carbonyl (C=O) groups is 2. The average molecular weight is 540 g/mol. The molecule has 39 heavy (non-hydrogen) atoms. The minimum Gasteiger partial charge on any atom is -0.508 e. The van der Waals surface area contributed by atoms with Crippen molar-refractivity contribution in [3.05, 3.63) is 76.7 Å². The Morgan fingerprint density at radius 3 is 2.51 bits per heavy atom. The number of aromatic nitrogens is 3. The lowest BCUT2D eigenvalue weighted by atomic mass is 9.95. The Morgan fingerprint density at radius 2 is 1.79 bits per heavy atom. The third kappa shape index (κ3) is 3.84. The van der Waals surface area contributed by atoms with Gasteiger partial charge in [-0.2, -0.15) is 0 Å². The first-order valence-electron chi connectivity index (χ1n) is 11.2. The lowest BCUT2D eigenvalue weighted by molar-refractivity contribution is -0.274. The minimum atomic E-state index is -4.98. The highest BCUT2D eigenvalue weighted by Crippen LogP contribution is 2.34. The van der Waals surface area contributed by atoms with Gasteiger partial charge in [0.1, 0.15) is 11.5 Å². The Morgan fingerprint density at radius 1 is 1.00 bits per heavy atom. The lowest BCUT2D eigenvalue weighted by Gasteiger charge is -2.20. The molecule has 0 spiro atoms. The van der Waals surface area contributed by atoms with Gasteiger partial charge >= 0.3 is 18.1 Å². The molecule has 2 amide bonds. The number of hydrogen-bond donors (Lipinski definition) is 2. The van der Waals surface area contributed by atoms with Gasteiger partial charge in [-0.1, -0.05) is 17.3 Å². The van der Waals surface area contributed by atoms with Crippen molar-refractivity contribution in [1.82, 2.24) is 19.6 Å². The Kier molecular flexibility index (Phi) is 5.01. The van der Waals surface area contributed by atoms with Gasteiger partial charge in [-0.05, 0) is 43.3 Å². The van der Waals surface area contributed by atoms with Crippen molar-refractivity contribution in [3.63, 3.8) is 0 Å². The number of amides is 2. The molecular formula is C25H15F3N4O7. The highest BCUT2D eigenvalue weighted by Gasteiger charge is 2.46. The van der Waals surface area contributed by atoms with Crippen LogP contribution in [0.25, 0.3) is 33.5 Å². The number of phenols is 1. The number of alkyl halides is 3. The topological polar surface area (TPSA) is 138 Å². The smallest absolute Gasteiger partial charge is 0.508 e. The van der Waals surface area contributed by atoms with Crippen LogP contribution < -0.4 is 15.7 Å². The molecule has 0 saturated carbocycles. The highest BCUT2D eigenvalue weighted by molar-refractivity contribution is 6.03. The van der Waals surface area contributed by atoms with Crippen molar-refractivity contribution in [2.45, 2.75) is 18.9 Å². The van der Waals surface area contributed by atoms with Crippen molar-refractivity contribution in [2.24, 2.45) is 0 Å². The van der Waals surface area contributed by atoms with Crippen molar-refractivity contribution in [1.29, 1.82) is 0 Å². The Hall–Kier alpha value is -5.27. The third-order valence-electron chi connectivity index (χ3n) is 6.29. The van der Waals surface area contributed by atoms with E-state index in [1.807, 2.05) is 0 Å². The van der Waals surface area contributed by atoms with Gasteiger partial charge in [0, 0.05) is 17.7 Å². The number of nitrogens with zero attached hydrogens (tertiary/aromatic N) is 3. The summed E-state index contributed by atoms with van der Waals surface area (Å²) in [6, 6.07) is 13.4. The minimum absolute atomic E-state index is 0.00771. The van der Waals surface area contributed by atoms with Crippen molar-refractivity contribution >= 4 is 34.0 Å². The number of benzene rings is 3. The molecule has 3 heterocycles. The van der Waals surface area contributed by atoms with E-state index in [9.17, 15) is 32.7 Å². The quantitative estimate of drug-likeness (QED) is 0.349. The second-order valence-electron chi connectivity index (χ2n) is 8.77. The molecule has 1 aliphatic heterocycles. The summed E-state index contributed by atoms with van der Waals surface area (Å²) in [6.45, 7) is 1.39. The lowest BCUT2D eigenvalue weighted by Crippen LogP contribution is -2.33. The van der Waals surface area contributed by atoms with Crippen LogP contribution in [0.15, 0.2) is 70.0 Å². The average Bonchev–Trinajstić information content (AvgIpc) is 3.48. The number of ether oxygens (including phenoxy) is 2. The third-order valence-corrected chi connectivity index (χ3v) is 6.29. The van der Waals surface area contributed by atoms with E-state index in [0.29, 0.717) is 5.39 Å². The second-order valence-corrected chi connectivity index (χ2v) is 8.77. The molecule has 1 fully saturated rings. The maximum atomic E-state index is 13.9. The number of carbonyl (C=O) groups excluding carboxylic acids is 2. The van der Waals surface area contributed by atoms with Gasteiger partial charge < -0.3 is 19.1 Å². The molecule has 14 heteroatoms. The number of nitrogens with one attached hydrogen (secondary N) is 1.